The van der Waals surface area contributed by atoms with Crippen LogP contribution in [0.1, 0.15) is 29.2 Å². The average molecular weight is 535 g/mol. The minimum absolute atomic E-state index is 0.00798. The third kappa shape index (κ3) is 7.16. The monoisotopic (exact) mass is 534 g/mol. The lowest BCUT2D eigenvalue weighted by Gasteiger charge is -2.26. The third-order valence-corrected chi connectivity index (χ3v) is 6.02. The highest BCUT2D eigenvalue weighted by molar-refractivity contribution is 6.30. The van der Waals surface area contributed by atoms with Gasteiger partial charge in [-0.25, -0.2) is 4.79 Å². The van der Waals surface area contributed by atoms with Crippen LogP contribution in [-0.4, -0.2) is 35.7 Å². The zero-order valence-electron chi connectivity index (χ0n) is 20.2. The largest absolute Gasteiger partial charge is 0.496 e. The van der Waals surface area contributed by atoms with Gasteiger partial charge in [0.05, 0.1) is 19.1 Å². The van der Waals surface area contributed by atoms with Crippen molar-refractivity contribution in [2.24, 2.45) is 0 Å². The first-order valence-electron chi connectivity index (χ1n) is 11.4. The molecule has 10 heteroatoms. The van der Waals surface area contributed by atoms with Crippen LogP contribution in [0.4, 0.5) is 18.0 Å². The molecular formula is C27H26ClF3N2O4. The van der Waals surface area contributed by atoms with E-state index in [1.54, 1.807) is 37.3 Å². The first-order chi connectivity index (χ1) is 17.5. The second kappa shape index (κ2) is 12.0. The second-order valence-corrected chi connectivity index (χ2v) is 8.67. The smallest absolute Gasteiger partial charge is 0.416 e. The maximum Gasteiger partial charge on any atom is 0.416 e. The van der Waals surface area contributed by atoms with Gasteiger partial charge in [-0.3, -0.25) is 4.79 Å². The summed E-state index contributed by atoms with van der Waals surface area (Å²) in [5.74, 6) is -0.738. The fraction of sp³-hybridized carbons (Fsp3) is 0.259. The Morgan fingerprint density at radius 3 is 2.35 bits per heavy atom. The molecule has 0 saturated heterocycles. The summed E-state index contributed by atoms with van der Waals surface area (Å²) in [5, 5.41) is 12.8. The number of benzene rings is 3. The number of nitrogens with one attached hydrogen (secondary N) is 1. The van der Waals surface area contributed by atoms with Crippen molar-refractivity contribution >= 4 is 23.6 Å². The Morgan fingerprint density at radius 2 is 1.78 bits per heavy atom. The van der Waals surface area contributed by atoms with Crippen LogP contribution in [0.3, 0.4) is 0 Å². The minimum atomic E-state index is -4.50. The summed E-state index contributed by atoms with van der Waals surface area (Å²) in [5.41, 5.74) is 1.72. The maximum absolute atomic E-state index is 13.1. The molecule has 2 amide bonds. The first-order valence-corrected chi connectivity index (χ1v) is 11.8. The highest BCUT2D eigenvalue weighted by Gasteiger charge is 2.30. The molecule has 0 unspecified atom stereocenters. The zero-order valence-corrected chi connectivity index (χ0v) is 21.0. The Labute approximate surface area is 217 Å². The van der Waals surface area contributed by atoms with Crippen LogP contribution in [0.5, 0.6) is 5.75 Å². The number of carbonyl (C=O) groups is 2. The average Bonchev–Trinajstić information content (AvgIpc) is 2.85. The lowest BCUT2D eigenvalue weighted by Crippen LogP contribution is -2.39. The number of carboxylic acids is 1. The molecule has 0 radical (unpaired) electrons. The van der Waals surface area contributed by atoms with E-state index in [1.165, 1.54) is 24.1 Å². The molecule has 0 aliphatic rings. The molecule has 0 bridgehead atoms. The van der Waals surface area contributed by atoms with Gasteiger partial charge in [-0.05, 0) is 59.5 Å². The third-order valence-electron chi connectivity index (χ3n) is 5.78. The second-order valence-electron chi connectivity index (χ2n) is 8.23. The number of hydrogen-bond donors (Lipinski definition) is 2. The number of ether oxygens (including phenoxy) is 1. The van der Waals surface area contributed by atoms with Gasteiger partial charge in [-0.1, -0.05) is 41.9 Å². The number of rotatable bonds is 9. The summed E-state index contributed by atoms with van der Waals surface area (Å²) in [6.45, 7) is 2.29. The van der Waals surface area contributed by atoms with Gasteiger partial charge in [0, 0.05) is 30.2 Å². The van der Waals surface area contributed by atoms with Gasteiger partial charge in [0.25, 0.3) is 0 Å². The Morgan fingerprint density at radius 1 is 1.08 bits per heavy atom. The van der Waals surface area contributed by atoms with Crippen molar-refractivity contribution in [3.05, 3.63) is 87.9 Å². The van der Waals surface area contributed by atoms with E-state index in [0.717, 1.165) is 17.7 Å². The van der Waals surface area contributed by atoms with Crippen molar-refractivity contribution in [1.82, 2.24) is 10.2 Å². The quantitative estimate of drug-likeness (QED) is 0.333. The summed E-state index contributed by atoms with van der Waals surface area (Å²) in [6, 6.07) is 14.3. The molecule has 0 aliphatic carbocycles. The molecule has 3 aromatic rings. The number of methoxy groups -OCH3 is 1. The Kier molecular flexibility index (Phi) is 9.04. The van der Waals surface area contributed by atoms with Crippen LogP contribution in [-0.2, 0) is 30.5 Å². The van der Waals surface area contributed by atoms with Crippen LogP contribution in [0.15, 0.2) is 60.7 Å². The van der Waals surface area contributed by atoms with Crippen molar-refractivity contribution < 1.29 is 32.6 Å². The molecule has 0 saturated carbocycles. The molecule has 0 spiro atoms. The summed E-state index contributed by atoms with van der Waals surface area (Å²) in [7, 11) is 1.42. The number of halogens is 4. The maximum atomic E-state index is 13.1. The van der Waals surface area contributed by atoms with Crippen molar-refractivity contribution in [1.29, 1.82) is 0 Å². The zero-order chi connectivity index (χ0) is 27.2. The van der Waals surface area contributed by atoms with Crippen molar-refractivity contribution in [3.63, 3.8) is 0 Å². The van der Waals surface area contributed by atoms with Crippen LogP contribution >= 0.6 is 11.6 Å². The Balaban J connectivity index is 2.00. The van der Waals surface area contributed by atoms with E-state index in [0.29, 0.717) is 33.0 Å². The van der Waals surface area contributed by atoms with Crippen LogP contribution < -0.4 is 10.1 Å². The number of nitrogens with zero attached hydrogens (tertiary/aromatic N) is 1. The van der Waals surface area contributed by atoms with Crippen LogP contribution in [0.25, 0.3) is 11.1 Å². The molecular weight excluding hydrogens is 509 g/mol. The highest BCUT2D eigenvalue weighted by atomic mass is 35.5. The molecule has 0 atom stereocenters. The first kappa shape index (κ1) is 27.9. The van der Waals surface area contributed by atoms with Crippen molar-refractivity contribution in [2.45, 2.75) is 32.6 Å². The topological polar surface area (TPSA) is 78.9 Å². The van der Waals surface area contributed by atoms with E-state index in [9.17, 15) is 27.9 Å². The number of hydrogen-bond acceptors (Lipinski definition) is 3. The molecule has 37 heavy (non-hydrogen) atoms. The van der Waals surface area contributed by atoms with Crippen molar-refractivity contribution in [2.75, 3.05) is 13.7 Å². The summed E-state index contributed by atoms with van der Waals surface area (Å²) >= 11 is 6.01. The summed E-state index contributed by atoms with van der Waals surface area (Å²) < 4.78 is 44.9. The molecule has 3 aromatic carbocycles. The SMILES string of the molecule is CCN(Cc1c(CC(=O)O)ccc(OC)c1-c1ccc(C(F)(F)F)cc1)C(=O)NCc1cccc(Cl)c1. The fourth-order valence-corrected chi connectivity index (χ4v) is 4.16. The number of aliphatic carboxylic acids is 1. The Bertz CT molecular complexity index is 1260. The highest BCUT2D eigenvalue weighted by Crippen LogP contribution is 2.38. The van der Waals surface area contributed by atoms with Crippen LogP contribution in [0.2, 0.25) is 5.02 Å². The number of carbonyl (C=O) groups excluding carboxylic acids is 1. The lowest BCUT2D eigenvalue weighted by atomic mass is 9.92. The standard InChI is InChI=1S/C27H26ClF3N2O4/c1-3-33(26(36)32-15-17-5-4-6-21(28)13-17)16-22-19(14-24(34)35)9-12-23(37-2)25(22)18-7-10-20(11-8-18)27(29,30)31/h4-13H,3,14-16H2,1-2H3,(H,32,36)(H,34,35). The van der Waals surface area contributed by atoms with E-state index in [4.69, 9.17) is 16.3 Å². The van der Waals surface area contributed by atoms with Crippen LogP contribution in [0, 0.1) is 0 Å². The predicted molar refractivity (Wildman–Crippen MR) is 135 cm³/mol. The molecule has 2 N–H and O–H groups in total. The molecule has 0 aliphatic heterocycles. The molecule has 3 rings (SSSR count). The van der Waals surface area contributed by atoms with E-state index in [1.807, 2.05) is 6.07 Å². The number of amides is 2. The number of carboxylic acid groups (broad SMARTS) is 1. The van der Waals surface area contributed by atoms with E-state index >= 15 is 0 Å². The minimum Gasteiger partial charge on any atom is -0.496 e. The molecule has 0 aromatic heterocycles. The van der Waals surface area contributed by atoms with Crippen molar-refractivity contribution in [3.8, 4) is 16.9 Å². The normalized spacial score (nSPS) is 11.2. The van der Waals surface area contributed by atoms with E-state index < -0.39 is 23.7 Å². The van der Waals surface area contributed by atoms with Gasteiger partial charge >= 0.3 is 18.2 Å². The van der Waals surface area contributed by atoms with E-state index in [-0.39, 0.29) is 26.1 Å². The molecule has 6 nitrogen and oxygen atoms in total. The summed E-state index contributed by atoms with van der Waals surface area (Å²) in [4.78, 5) is 26.1. The van der Waals surface area contributed by atoms with Gasteiger partial charge in [0.2, 0.25) is 0 Å². The summed E-state index contributed by atoms with van der Waals surface area (Å²) in [6.07, 6.45) is -4.84. The lowest BCUT2D eigenvalue weighted by molar-refractivity contribution is -0.138. The molecule has 0 fully saturated rings. The molecule has 196 valence electrons. The number of urea groups is 1. The number of alkyl halides is 3. The fourth-order valence-electron chi connectivity index (χ4n) is 3.95. The van der Waals surface area contributed by atoms with Gasteiger partial charge in [0.1, 0.15) is 5.75 Å². The van der Waals surface area contributed by atoms with Gasteiger partial charge in [-0.2, -0.15) is 13.2 Å². The molecule has 0 heterocycles. The Hall–Kier alpha value is -3.72. The van der Waals surface area contributed by atoms with Gasteiger partial charge in [-0.15, -0.1) is 0 Å². The van der Waals surface area contributed by atoms with Gasteiger partial charge < -0.3 is 20.1 Å². The van der Waals surface area contributed by atoms with E-state index in [2.05, 4.69) is 5.32 Å². The van der Waals surface area contributed by atoms with Gasteiger partial charge in [0.15, 0.2) is 0 Å². The predicted octanol–water partition coefficient (Wildman–Crippen LogP) is 6.39.